The minimum Gasteiger partial charge on any atom is -0.380 e. The van der Waals surface area contributed by atoms with Crippen LogP contribution in [0, 0.1) is 10.8 Å². The summed E-state index contributed by atoms with van der Waals surface area (Å²) in [5, 5.41) is 0. The quantitative estimate of drug-likeness (QED) is 0.420. The number of hydrogen-bond donors (Lipinski definition) is 4. The van der Waals surface area contributed by atoms with Crippen LogP contribution in [0.4, 0.5) is 0 Å². The van der Waals surface area contributed by atoms with Crippen LogP contribution < -0.4 is 22.9 Å². The molecule has 0 radical (unpaired) electrons. The molecule has 0 aromatic rings. The van der Waals surface area contributed by atoms with Gasteiger partial charge in [-0.1, -0.05) is 13.8 Å². The van der Waals surface area contributed by atoms with Crippen molar-refractivity contribution >= 4 is 0 Å². The summed E-state index contributed by atoms with van der Waals surface area (Å²) in [6, 6.07) is 0. The third-order valence-electron chi connectivity index (χ3n) is 4.05. The van der Waals surface area contributed by atoms with E-state index in [1.54, 1.807) is 0 Å². The van der Waals surface area contributed by atoms with Crippen LogP contribution in [0.15, 0.2) is 0 Å². The van der Waals surface area contributed by atoms with Crippen molar-refractivity contribution in [2.24, 2.45) is 33.8 Å². The van der Waals surface area contributed by atoms with Crippen molar-refractivity contribution in [2.45, 2.75) is 26.7 Å². The van der Waals surface area contributed by atoms with Crippen LogP contribution in [0.25, 0.3) is 0 Å². The van der Waals surface area contributed by atoms with Gasteiger partial charge >= 0.3 is 0 Å². The Morgan fingerprint density at radius 1 is 0.706 bits per heavy atom. The Hall–Kier alpha value is -0.200. The van der Waals surface area contributed by atoms with E-state index in [0.29, 0.717) is 39.4 Å². The summed E-state index contributed by atoms with van der Waals surface area (Å²) in [6.07, 6.45) is 1.84. The van der Waals surface area contributed by atoms with Gasteiger partial charge in [0.2, 0.25) is 0 Å². The van der Waals surface area contributed by atoms with Crippen LogP contribution in [0.5, 0.6) is 0 Å². The Morgan fingerprint density at radius 3 is 1.18 bits per heavy atom. The number of hydrogen-bond acceptors (Lipinski definition) is 5. The molecule has 0 aliphatic carbocycles. The Labute approximate surface area is 105 Å². The normalized spacial score (nSPS) is 13.1. The van der Waals surface area contributed by atoms with Crippen LogP contribution >= 0.6 is 0 Å². The summed E-state index contributed by atoms with van der Waals surface area (Å²) < 4.78 is 5.79. The molecular weight excluding hydrogens is 216 g/mol. The first-order valence-electron chi connectivity index (χ1n) is 6.45. The highest BCUT2D eigenvalue weighted by Crippen LogP contribution is 2.23. The second-order valence-electron chi connectivity index (χ2n) is 5.02. The molecular formula is C12H30N4O. The van der Waals surface area contributed by atoms with Gasteiger partial charge in [-0.3, -0.25) is 0 Å². The fourth-order valence-corrected chi connectivity index (χ4v) is 1.67. The Kier molecular flexibility index (Phi) is 7.91. The summed E-state index contributed by atoms with van der Waals surface area (Å²) in [5.74, 6) is 0. The van der Waals surface area contributed by atoms with Gasteiger partial charge in [-0.05, 0) is 12.8 Å². The average molecular weight is 246 g/mol. The maximum atomic E-state index is 5.79. The van der Waals surface area contributed by atoms with Gasteiger partial charge in [0.15, 0.2) is 0 Å². The predicted molar refractivity (Wildman–Crippen MR) is 72.5 cm³/mol. The molecule has 8 N–H and O–H groups in total. The Balaban J connectivity index is 4.28. The maximum absolute atomic E-state index is 5.79. The predicted octanol–water partition coefficient (Wildman–Crippen LogP) is -0.369. The highest BCUT2D eigenvalue weighted by atomic mass is 16.5. The van der Waals surface area contributed by atoms with E-state index < -0.39 is 0 Å². The van der Waals surface area contributed by atoms with Crippen LogP contribution in [-0.2, 0) is 4.74 Å². The zero-order valence-electron chi connectivity index (χ0n) is 11.4. The van der Waals surface area contributed by atoms with Crippen LogP contribution in [0.1, 0.15) is 26.7 Å². The van der Waals surface area contributed by atoms with Gasteiger partial charge in [0.05, 0.1) is 13.2 Å². The number of nitrogens with two attached hydrogens (primary N) is 4. The first-order valence-corrected chi connectivity index (χ1v) is 6.45. The lowest BCUT2D eigenvalue weighted by Gasteiger charge is -2.34. The van der Waals surface area contributed by atoms with E-state index in [2.05, 4.69) is 13.8 Å². The molecule has 0 rings (SSSR count). The fraction of sp³-hybridized carbons (Fsp3) is 1.00. The third-order valence-corrected chi connectivity index (χ3v) is 4.05. The number of ether oxygens (including phenoxy) is 1. The molecule has 17 heavy (non-hydrogen) atoms. The van der Waals surface area contributed by atoms with Crippen molar-refractivity contribution in [3.8, 4) is 0 Å². The molecule has 0 bridgehead atoms. The summed E-state index contributed by atoms with van der Waals surface area (Å²) in [4.78, 5) is 0. The summed E-state index contributed by atoms with van der Waals surface area (Å²) in [7, 11) is 0. The molecule has 0 heterocycles. The fourth-order valence-electron chi connectivity index (χ4n) is 1.67. The molecule has 0 aliphatic heterocycles. The van der Waals surface area contributed by atoms with Gasteiger partial charge < -0.3 is 27.7 Å². The van der Waals surface area contributed by atoms with Gasteiger partial charge in [-0.2, -0.15) is 0 Å². The highest BCUT2D eigenvalue weighted by molar-refractivity contribution is 4.83. The summed E-state index contributed by atoms with van der Waals surface area (Å²) >= 11 is 0. The summed E-state index contributed by atoms with van der Waals surface area (Å²) in [5.41, 5.74) is 22.9. The first-order chi connectivity index (χ1) is 8.07. The van der Waals surface area contributed by atoms with Gasteiger partial charge in [0.1, 0.15) is 0 Å². The van der Waals surface area contributed by atoms with E-state index in [-0.39, 0.29) is 10.8 Å². The minimum atomic E-state index is -0.108. The zero-order valence-corrected chi connectivity index (χ0v) is 11.4. The molecule has 0 aromatic heterocycles. The van der Waals surface area contributed by atoms with Crippen molar-refractivity contribution in [3.05, 3.63) is 0 Å². The smallest absolute Gasteiger partial charge is 0.0546 e. The second-order valence-corrected chi connectivity index (χ2v) is 5.02. The monoisotopic (exact) mass is 246 g/mol. The molecule has 5 heteroatoms. The van der Waals surface area contributed by atoms with Crippen LogP contribution in [0.3, 0.4) is 0 Å². The van der Waals surface area contributed by atoms with Gasteiger partial charge in [-0.25, -0.2) is 0 Å². The molecule has 5 nitrogen and oxygen atoms in total. The maximum Gasteiger partial charge on any atom is 0.0546 e. The van der Waals surface area contributed by atoms with E-state index in [0.717, 1.165) is 12.8 Å². The molecule has 0 aromatic carbocycles. The molecule has 0 spiro atoms. The molecule has 0 fully saturated rings. The zero-order chi connectivity index (χ0) is 13.4. The van der Waals surface area contributed by atoms with Crippen molar-refractivity contribution in [1.29, 1.82) is 0 Å². The topological polar surface area (TPSA) is 113 Å². The first kappa shape index (κ1) is 16.8. The largest absolute Gasteiger partial charge is 0.380 e. The van der Waals surface area contributed by atoms with Crippen LogP contribution in [-0.4, -0.2) is 39.4 Å². The Bertz CT molecular complexity index is 154. The SMILES string of the molecule is CCC(CN)(CN)COCC(CC)(CN)CN. The lowest BCUT2D eigenvalue weighted by atomic mass is 9.85. The molecule has 0 atom stereocenters. The lowest BCUT2D eigenvalue weighted by Crippen LogP contribution is -2.45. The van der Waals surface area contributed by atoms with Crippen molar-refractivity contribution in [2.75, 3.05) is 39.4 Å². The molecule has 0 unspecified atom stereocenters. The van der Waals surface area contributed by atoms with Crippen molar-refractivity contribution in [1.82, 2.24) is 0 Å². The standard InChI is InChI=1S/C12H30N4O/c1-3-11(5-13,6-14)9-17-10-12(4-2,7-15)8-16/h3-10,13-16H2,1-2H3. The molecule has 0 amide bonds. The van der Waals surface area contributed by atoms with Crippen molar-refractivity contribution < 1.29 is 4.74 Å². The van der Waals surface area contributed by atoms with E-state index in [1.165, 1.54) is 0 Å². The van der Waals surface area contributed by atoms with Gasteiger partial charge in [-0.15, -0.1) is 0 Å². The van der Waals surface area contributed by atoms with E-state index in [1.807, 2.05) is 0 Å². The summed E-state index contributed by atoms with van der Waals surface area (Å²) in [6.45, 7) is 7.52. The number of rotatable bonds is 10. The lowest BCUT2D eigenvalue weighted by molar-refractivity contribution is -0.000451. The highest BCUT2D eigenvalue weighted by Gasteiger charge is 2.29. The third kappa shape index (κ3) is 4.52. The molecule has 0 saturated heterocycles. The Morgan fingerprint density at radius 2 is 1.00 bits per heavy atom. The van der Waals surface area contributed by atoms with Gasteiger partial charge in [0.25, 0.3) is 0 Å². The van der Waals surface area contributed by atoms with Crippen LogP contribution in [0.2, 0.25) is 0 Å². The average Bonchev–Trinajstić information content (AvgIpc) is 2.41. The van der Waals surface area contributed by atoms with Crippen molar-refractivity contribution in [3.63, 3.8) is 0 Å². The van der Waals surface area contributed by atoms with E-state index in [9.17, 15) is 0 Å². The minimum absolute atomic E-state index is 0.108. The van der Waals surface area contributed by atoms with E-state index in [4.69, 9.17) is 27.7 Å². The second kappa shape index (κ2) is 8.00. The van der Waals surface area contributed by atoms with Gasteiger partial charge in [0, 0.05) is 37.0 Å². The van der Waals surface area contributed by atoms with E-state index >= 15 is 0 Å². The molecule has 0 saturated carbocycles. The molecule has 0 aliphatic rings. The molecule has 104 valence electrons.